The van der Waals surface area contributed by atoms with Crippen molar-refractivity contribution in [2.75, 3.05) is 45.2 Å². The Bertz CT molecular complexity index is 1480. The monoisotopic (exact) mass is 579 g/mol. The first kappa shape index (κ1) is 27.4. The number of methoxy groups -OCH3 is 1. The number of nitrogens with one attached hydrogen (secondary N) is 1. The fourth-order valence-corrected chi connectivity index (χ4v) is 6.69. The van der Waals surface area contributed by atoms with Crippen LogP contribution in [0.3, 0.4) is 0 Å². The average Bonchev–Trinajstić information content (AvgIpc) is 3.39. The maximum Gasteiger partial charge on any atom is 0.341 e. The number of halogens is 1. The number of piperazine rings is 1. The normalized spacial score (nSPS) is 13.9. The number of fused-ring (bicyclic) bond motifs is 1. The molecule has 2 aromatic heterocycles. The summed E-state index contributed by atoms with van der Waals surface area (Å²) in [6, 6.07) is 4.28. The minimum Gasteiger partial charge on any atom is -0.465 e. The molecule has 1 saturated heterocycles. The third-order valence-corrected chi connectivity index (χ3v) is 8.92. The van der Waals surface area contributed by atoms with Crippen molar-refractivity contribution >= 4 is 78.7 Å². The van der Waals surface area contributed by atoms with Crippen molar-refractivity contribution in [3.8, 4) is 0 Å². The van der Waals surface area contributed by atoms with Gasteiger partial charge >= 0.3 is 5.97 Å². The van der Waals surface area contributed by atoms with E-state index in [4.69, 9.17) is 22.1 Å². The molecule has 1 aromatic carbocycles. The van der Waals surface area contributed by atoms with E-state index in [0.29, 0.717) is 46.7 Å². The largest absolute Gasteiger partial charge is 0.465 e. The van der Waals surface area contributed by atoms with Crippen LogP contribution in [0.1, 0.15) is 35.3 Å². The number of hydrogen-bond acceptors (Lipinski definition) is 10. The summed E-state index contributed by atoms with van der Waals surface area (Å²) in [6.45, 7) is 3.06. The Balaban J connectivity index is 1.39. The maximum atomic E-state index is 13.1. The van der Waals surface area contributed by atoms with Gasteiger partial charge in [0.25, 0.3) is 17.5 Å². The predicted octanol–water partition coefficient (Wildman–Crippen LogP) is 3.11. The molecule has 0 unspecified atom stereocenters. The molecule has 1 aliphatic heterocycles. The summed E-state index contributed by atoms with van der Waals surface area (Å²) in [6.07, 6.45) is 0. The Morgan fingerprint density at radius 1 is 1.16 bits per heavy atom. The van der Waals surface area contributed by atoms with Crippen molar-refractivity contribution in [2.45, 2.75) is 6.92 Å². The molecule has 3 aromatic rings. The minimum absolute atomic E-state index is 0.00118. The first-order valence-corrected chi connectivity index (χ1v) is 13.2. The van der Waals surface area contributed by atoms with E-state index in [1.54, 1.807) is 11.8 Å². The second-order valence-corrected chi connectivity index (χ2v) is 10.9. The van der Waals surface area contributed by atoms with Crippen LogP contribution in [0.15, 0.2) is 18.2 Å². The molecule has 0 aliphatic carbocycles. The lowest BCUT2D eigenvalue weighted by molar-refractivity contribution is -0.384. The van der Waals surface area contributed by atoms with Crippen molar-refractivity contribution < 1.29 is 28.8 Å². The SMILES string of the molecule is COC(=O)c1c(NC(=O)CN2CCN(C(=O)c3sc4cc([N+](=O)[O-])ccc4c3Cl)CC2)sc(C(N)=O)c1C. The Morgan fingerprint density at radius 3 is 2.45 bits per heavy atom. The molecular formula is C23H22ClN5O7S2. The number of nitrogens with zero attached hydrogens (tertiary/aromatic N) is 3. The number of rotatable bonds is 7. The summed E-state index contributed by atoms with van der Waals surface area (Å²) in [5.74, 6) is -2.08. The molecule has 0 atom stereocenters. The third-order valence-electron chi connectivity index (χ3n) is 6.06. The number of anilines is 1. The molecule has 0 spiro atoms. The fraction of sp³-hybridized carbons (Fsp3) is 0.304. The number of benzene rings is 1. The number of carbonyl (C=O) groups is 4. The van der Waals surface area contributed by atoms with E-state index in [1.165, 1.54) is 25.3 Å². The highest BCUT2D eigenvalue weighted by Gasteiger charge is 2.29. The molecule has 4 rings (SSSR count). The number of ether oxygens (including phenoxy) is 1. The number of amides is 3. The van der Waals surface area contributed by atoms with Crippen molar-refractivity contribution in [2.24, 2.45) is 5.73 Å². The van der Waals surface area contributed by atoms with Crippen LogP contribution in [-0.4, -0.2) is 78.2 Å². The van der Waals surface area contributed by atoms with Gasteiger partial charge in [-0.3, -0.25) is 29.4 Å². The van der Waals surface area contributed by atoms with Crippen LogP contribution in [0.4, 0.5) is 10.7 Å². The molecule has 0 bridgehead atoms. The molecule has 12 nitrogen and oxygen atoms in total. The van der Waals surface area contributed by atoms with E-state index in [-0.39, 0.29) is 38.6 Å². The second-order valence-electron chi connectivity index (χ2n) is 8.42. The van der Waals surface area contributed by atoms with E-state index < -0.39 is 22.7 Å². The summed E-state index contributed by atoms with van der Waals surface area (Å²) < 4.78 is 5.33. The number of hydrogen-bond donors (Lipinski definition) is 2. The molecule has 200 valence electrons. The van der Waals surface area contributed by atoms with Crippen LogP contribution >= 0.6 is 34.3 Å². The van der Waals surface area contributed by atoms with Gasteiger partial charge in [-0.1, -0.05) is 11.6 Å². The van der Waals surface area contributed by atoms with E-state index in [1.807, 2.05) is 4.90 Å². The molecule has 1 fully saturated rings. The molecule has 3 heterocycles. The van der Waals surface area contributed by atoms with Gasteiger partial charge in [-0.2, -0.15) is 0 Å². The lowest BCUT2D eigenvalue weighted by atomic mass is 10.1. The first-order valence-electron chi connectivity index (χ1n) is 11.2. The Labute approximate surface area is 229 Å². The molecule has 0 saturated carbocycles. The van der Waals surface area contributed by atoms with Crippen LogP contribution < -0.4 is 11.1 Å². The van der Waals surface area contributed by atoms with E-state index in [2.05, 4.69) is 5.32 Å². The Kier molecular flexibility index (Phi) is 7.97. The number of esters is 1. The number of non-ortho nitro benzene ring substituents is 1. The molecule has 38 heavy (non-hydrogen) atoms. The van der Waals surface area contributed by atoms with E-state index >= 15 is 0 Å². The van der Waals surface area contributed by atoms with Gasteiger partial charge in [0, 0.05) is 48.4 Å². The summed E-state index contributed by atoms with van der Waals surface area (Å²) in [4.78, 5) is 64.3. The zero-order chi connectivity index (χ0) is 27.7. The van der Waals surface area contributed by atoms with Gasteiger partial charge in [0.05, 0.1) is 34.0 Å². The van der Waals surface area contributed by atoms with Gasteiger partial charge in [0.2, 0.25) is 5.91 Å². The molecule has 15 heteroatoms. The zero-order valence-corrected chi connectivity index (χ0v) is 22.6. The van der Waals surface area contributed by atoms with Gasteiger partial charge in [0.1, 0.15) is 9.88 Å². The van der Waals surface area contributed by atoms with Crippen LogP contribution in [0, 0.1) is 17.0 Å². The van der Waals surface area contributed by atoms with Gasteiger partial charge in [0.15, 0.2) is 0 Å². The number of thiophene rings is 2. The summed E-state index contributed by atoms with van der Waals surface area (Å²) >= 11 is 8.44. The van der Waals surface area contributed by atoms with Crippen molar-refractivity contribution in [3.63, 3.8) is 0 Å². The summed E-state index contributed by atoms with van der Waals surface area (Å²) in [5.41, 5.74) is 5.72. The van der Waals surface area contributed by atoms with Crippen molar-refractivity contribution in [3.05, 3.63) is 54.2 Å². The molecular weight excluding hydrogens is 558 g/mol. The van der Waals surface area contributed by atoms with Gasteiger partial charge < -0.3 is 20.7 Å². The molecule has 0 radical (unpaired) electrons. The number of primary amides is 1. The smallest absolute Gasteiger partial charge is 0.341 e. The van der Waals surface area contributed by atoms with Crippen molar-refractivity contribution in [1.82, 2.24) is 9.80 Å². The number of nitro benzene ring substituents is 1. The first-order chi connectivity index (χ1) is 18.0. The predicted molar refractivity (Wildman–Crippen MR) is 143 cm³/mol. The zero-order valence-electron chi connectivity index (χ0n) is 20.2. The molecule has 3 N–H and O–H groups in total. The number of nitro groups is 1. The van der Waals surface area contributed by atoms with E-state index in [0.717, 1.165) is 22.7 Å². The maximum absolute atomic E-state index is 13.1. The minimum atomic E-state index is -0.712. The average molecular weight is 580 g/mol. The van der Waals surface area contributed by atoms with Gasteiger partial charge in [-0.05, 0) is 18.6 Å². The lowest BCUT2D eigenvalue weighted by Gasteiger charge is -2.34. The highest BCUT2D eigenvalue weighted by atomic mass is 35.5. The number of nitrogens with two attached hydrogens (primary N) is 1. The summed E-state index contributed by atoms with van der Waals surface area (Å²) in [5, 5.41) is 14.7. The summed E-state index contributed by atoms with van der Waals surface area (Å²) in [7, 11) is 1.20. The van der Waals surface area contributed by atoms with E-state index in [9.17, 15) is 29.3 Å². The molecule has 1 aliphatic rings. The second kappa shape index (κ2) is 11.0. The van der Waals surface area contributed by atoms with Crippen LogP contribution in [0.25, 0.3) is 10.1 Å². The Morgan fingerprint density at radius 2 is 1.84 bits per heavy atom. The Hall–Kier alpha value is -3.59. The molecule has 3 amide bonds. The quantitative estimate of drug-likeness (QED) is 0.245. The van der Waals surface area contributed by atoms with Crippen LogP contribution in [0.2, 0.25) is 5.02 Å². The lowest BCUT2D eigenvalue weighted by Crippen LogP contribution is -2.50. The standard InChI is InChI=1S/C23H22ClN5O7S2/c1-11-16(23(33)36-2)21(38-18(11)20(25)31)26-15(30)10-27-5-7-28(8-6-27)22(32)19-17(24)13-4-3-12(29(34)35)9-14(13)37-19/h3-4,9H,5-8,10H2,1-2H3,(H2,25,31)(H,26,30). The number of carbonyl (C=O) groups excluding carboxylic acids is 4. The topological polar surface area (TPSA) is 165 Å². The highest BCUT2D eigenvalue weighted by Crippen LogP contribution is 2.38. The highest BCUT2D eigenvalue weighted by molar-refractivity contribution is 7.21. The fourth-order valence-electron chi connectivity index (χ4n) is 4.11. The van der Waals surface area contributed by atoms with Gasteiger partial charge in [-0.25, -0.2) is 4.79 Å². The van der Waals surface area contributed by atoms with Crippen LogP contribution in [-0.2, 0) is 9.53 Å². The third kappa shape index (κ3) is 5.34. The van der Waals surface area contributed by atoms with Crippen molar-refractivity contribution in [1.29, 1.82) is 0 Å². The van der Waals surface area contributed by atoms with Crippen LogP contribution in [0.5, 0.6) is 0 Å². The van der Waals surface area contributed by atoms with Gasteiger partial charge in [-0.15, -0.1) is 22.7 Å².